The number of nitriles is 1. The van der Waals surface area contributed by atoms with E-state index >= 15 is 0 Å². The van der Waals surface area contributed by atoms with Crippen LogP contribution >= 0.6 is 0 Å². The van der Waals surface area contributed by atoms with E-state index in [0.29, 0.717) is 31.9 Å². The molecule has 0 bridgehead atoms. The minimum absolute atomic E-state index is 0.0282. The second-order valence-corrected chi connectivity index (χ2v) is 9.96. The molecule has 2 aliphatic heterocycles. The largest absolute Gasteiger partial charge is 0.377 e. The molecule has 0 spiro atoms. The fourth-order valence-corrected chi connectivity index (χ4v) is 5.10. The van der Waals surface area contributed by atoms with Crippen LogP contribution in [0.4, 0.5) is 20.2 Å². The maximum Gasteiger partial charge on any atom is 0.286 e. The maximum atomic E-state index is 13.7. The van der Waals surface area contributed by atoms with Gasteiger partial charge in [0.1, 0.15) is 5.69 Å². The van der Waals surface area contributed by atoms with Crippen LogP contribution in [-0.2, 0) is 17.1 Å². The predicted octanol–water partition coefficient (Wildman–Crippen LogP) is 5.11. The maximum absolute atomic E-state index is 13.7. The first-order valence-electron chi connectivity index (χ1n) is 12.1. The highest BCUT2D eigenvalue weighted by Gasteiger charge is 2.45. The van der Waals surface area contributed by atoms with Crippen LogP contribution in [0.2, 0.25) is 0 Å². The quantitative estimate of drug-likeness (QED) is 0.532. The summed E-state index contributed by atoms with van der Waals surface area (Å²) in [6.45, 7) is 6.44. The average Bonchev–Trinajstić information content (AvgIpc) is 2.89. The van der Waals surface area contributed by atoms with Gasteiger partial charge in [-0.2, -0.15) is 14.0 Å². The highest BCUT2D eigenvalue weighted by Crippen LogP contribution is 2.44. The van der Waals surface area contributed by atoms with Crippen molar-refractivity contribution in [2.45, 2.75) is 39.2 Å². The summed E-state index contributed by atoms with van der Waals surface area (Å²) in [6.07, 6.45) is 3.38. The SMILES string of the molecule is Cc1ncc(NC(=O)c2ccnc(C(C)(F)F)c2)cc1-c1ccc2c(c1)N1CCOC[C@H]1[C@@](C)(C#N)C2. The molecule has 1 N–H and O–H groups in total. The lowest BCUT2D eigenvalue weighted by atomic mass is 9.73. The molecule has 0 saturated carbocycles. The molecule has 5 rings (SSSR count). The van der Waals surface area contributed by atoms with E-state index in [-0.39, 0.29) is 11.6 Å². The van der Waals surface area contributed by atoms with Gasteiger partial charge in [-0.3, -0.25) is 14.8 Å². The van der Waals surface area contributed by atoms with Gasteiger partial charge in [-0.05, 0) is 55.7 Å². The van der Waals surface area contributed by atoms with Gasteiger partial charge in [-0.1, -0.05) is 12.1 Å². The number of nitrogens with zero attached hydrogens (tertiary/aromatic N) is 4. The third kappa shape index (κ3) is 4.65. The molecule has 190 valence electrons. The molecule has 1 saturated heterocycles. The van der Waals surface area contributed by atoms with Gasteiger partial charge in [-0.15, -0.1) is 0 Å². The zero-order chi connectivity index (χ0) is 26.4. The van der Waals surface area contributed by atoms with Crippen LogP contribution in [-0.4, -0.2) is 41.7 Å². The molecule has 0 radical (unpaired) electrons. The summed E-state index contributed by atoms with van der Waals surface area (Å²) in [5.41, 5.74) is 4.28. The Morgan fingerprint density at radius 1 is 1.27 bits per heavy atom. The van der Waals surface area contributed by atoms with Crippen molar-refractivity contribution in [3.63, 3.8) is 0 Å². The minimum Gasteiger partial charge on any atom is -0.377 e. The molecule has 2 aromatic heterocycles. The molecule has 0 aliphatic carbocycles. The number of pyridine rings is 2. The number of ether oxygens (including phenoxy) is 1. The van der Waals surface area contributed by atoms with Crippen LogP contribution in [0.3, 0.4) is 0 Å². The lowest BCUT2D eigenvalue weighted by molar-refractivity contribution is 0.0127. The number of carbonyl (C=O) groups is 1. The van der Waals surface area contributed by atoms with Crippen LogP contribution < -0.4 is 10.2 Å². The number of fused-ring (bicyclic) bond motifs is 3. The molecular weight excluding hydrogens is 476 g/mol. The van der Waals surface area contributed by atoms with Crippen molar-refractivity contribution < 1.29 is 18.3 Å². The lowest BCUT2D eigenvalue weighted by Crippen LogP contribution is -2.57. The monoisotopic (exact) mass is 503 g/mol. The Morgan fingerprint density at radius 2 is 2.08 bits per heavy atom. The second-order valence-electron chi connectivity index (χ2n) is 9.96. The number of aryl methyl sites for hydroxylation is 1. The standard InChI is InChI=1S/C28H27F2N5O2/c1-17-22(12-21(14-33-17)34-26(36)19-6-7-32-24(11-19)28(3,29)30)18-4-5-20-13-27(2,16-31)25-15-37-9-8-35(25)23(20)10-18/h4-7,10-12,14,25H,8-9,13,15H2,1-3H3,(H,34,36)/t25-,27+/m0/s1. The molecule has 4 heterocycles. The summed E-state index contributed by atoms with van der Waals surface area (Å²) in [4.78, 5) is 23.2. The van der Waals surface area contributed by atoms with E-state index in [4.69, 9.17) is 4.74 Å². The molecule has 1 amide bonds. The van der Waals surface area contributed by atoms with Crippen molar-refractivity contribution in [1.82, 2.24) is 9.97 Å². The summed E-state index contributed by atoms with van der Waals surface area (Å²) in [5, 5.41) is 12.7. The Hall–Kier alpha value is -3.90. The Kier molecular flexibility index (Phi) is 6.16. The van der Waals surface area contributed by atoms with Gasteiger partial charge < -0.3 is 15.0 Å². The van der Waals surface area contributed by atoms with Crippen LogP contribution in [0.15, 0.2) is 48.8 Å². The van der Waals surface area contributed by atoms with Gasteiger partial charge in [-0.25, -0.2) is 0 Å². The Balaban J connectivity index is 1.45. The van der Waals surface area contributed by atoms with Gasteiger partial charge in [0, 0.05) is 42.2 Å². The van der Waals surface area contributed by atoms with Gasteiger partial charge in [0.25, 0.3) is 11.8 Å². The number of nitrogens with one attached hydrogen (secondary N) is 1. The van der Waals surface area contributed by atoms with Crippen molar-refractivity contribution in [2.24, 2.45) is 5.41 Å². The first-order valence-corrected chi connectivity index (χ1v) is 12.1. The van der Waals surface area contributed by atoms with E-state index in [1.807, 2.05) is 26.0 Å². The molecule has 7 nitrogen and oxygen atoms in total. The van der Waals surface area contributed by atoms with Crippen molar-refractivity contribution in [1.29, 1.82) is 5.26 Å². The Morgan fingerprint density at radius 3 is 2.84 bits per heavy atom. The van der Waals surface area contributed by atoms with Crippen LogP contribution in [0.25, 0.3) is 11.1 Å². The molecule has 3 aromatic rings. The van der Waals surface area contributed by atoms with Crippen LogP contribution in [0.1, 0.15) is 41.2 Å². The predicted molar refractivity (Wildman–Crippen MR) is 136 cm³/mol. The molecule has 1 aromatic carbocycles. The first-order chi connectivity index (χ1) is 17.6. The zero-order valence-electron chi connectivity index (χ0n) is 20.9. The normalized spacial score (nSPS) is 21.0. The molecule has 0 unspecified atom stereocenters. The van der Waals surface area contributed by atoms with Crippen molar-refractivity contribution in [2.75, 3.05) is 30.0 Å². The summed E-state index contributed by atoms with van der Waals surface area (Å²) in [6, 6.07) is 13.0. The summed E-state index contributed by atoms with van der Waals surface area (Å²) >= 11 is 0. The fraction of sp³-hybridized carbons (Fsp3) is 0.357. The summed E-state index contributed by atoms with van der Waals surface area (Å²) in [5.74, 6) is -3.67. The van der Waals surface area contributed by atoms with E-state index in [9.17, 15) is 18.8 Å². The smallest absolute Gasteiger partial charge is 0.286 e. The summed E-state index contributed by atoms with van der Waals surface area (Å²) < 4.78 is 33.0. The number of morpholine rings is 1. The van der Waals surface area contributed by atoms with Gasteiger partial charge in [0.15, 0.2) is 0 Å². The number of hydrogen-bond acceptors (Lipinski definition) is 6. The molecule has 2 aliphatic rings. The third-order valence-electron chi connectivity index (χ3n) is 7.20. The van der Waals surface area contributed by atoms with Crippen LogP contribution in [0, 0.1) is 23.7 Å². The minimum atomic E-state index is -3.15. The molecule has 2 atom stereocenters. The van der Waals surface area contributed by atoms with Gasteiger partial charge in [0.05, 0.1) is 42.6 Å². The van der Waals surface area contributed by atoms with Crippen molar-refractivity contribution >= 4 is 17.3 Å². The fourth-order valence-electron chi connectivity index (χ4n) is 5.10. The topological polar surface area (TPSA) is 91.1 Å². The van der Waals surface area contributed by atoms with E-state index in [2.05, 4.69) is 38.4 Å². The highest BCUT2D eigenvalue weighted by atomic mass is 19.3. The third-order valence-corrected chi connectivity index (χ3v) is 7.20. The number of aromatic nitrogens is 2. The van der Waals surface area contributed by atoms with Crippen molar-refractivity contribution in [3.8, 4) is 17.2 Å². The molecular formula is C28H27F2N5O2. The average molecular weight is 504 g/mol. The molecule has 1 fully saturated rings. The zero-order valence-corrected chi connectivity index (χ0v) is 20.9. The number of carbonyl (C=O) groups excluding carboxylic acids is 1. The Bertz CT molecular complexity index is 1410. The van der Waals surface area contributed by atoms with E-state index in [1.165, 1.54) is 12.3 Å². The number of amides is 1. The summed E-state index contributed by atoms with van der Waals surface area (Å²) in [7, 11) is 0. The Labute approximate surface area is 214 Å². The number of benzene rings is 1. The molecule has 9 heteroatoms. The van der Waals surface area contributed by atoms with Gasteiger partial charge in [0.2, 0.25) is 0 Å². The number of rotatable bonds is 4. The van der Waals surface area contributed by atoms with E-state index in [0.717, 1.165) is 41.1 Å². The van der Waals surface area contributed by atoms with Crippen LogP contribution in [0.5, 0.6) is 0 Å². The van der Waals surface area contributed by atoms with Gasteiger partial charge >= 0.3 is 0 Å². The molecule has 37 heavy (non-hydrogen) atoms. The second kappa shape index (κ2) is 9.20. The first kappa shape index (κ1) is 24.8. The van der Waals surface area contributed by atoms with E-state index in [1.54, 1.807) is 6.20 Å². The number of halogens is 2. The number of anilines is 2. The highest BCUT2D eigenvalue weighted by molar-refractivity contribution is 6.04. The van der Waals surface area contributed by atoms with Crippen molar-refractivity contribution in [3.05, 3.63) is 71.3 Å². The lowest BCUT2D eigenvalue weighted by Gasteiger charge is -2.49. The number of hydrogen-bond donors (Lipinski definition) is 1. The van der Waals surface area contributed by atoms with E-state index < -0.39 is 22.9 Å². The number of alkyl halides is 2.